The molecule has 0 aromatic heterocycles. The van der Waals surface area contributed by atoms with E-state index in [4.69, 9.17) is 0 Å². The summed E-state index contributed by atoms with van der Waals surface area (Å²) < 4.78 is 0. The predicted molar refractivity (Wildman–Crippen MR) is 89.4 cm³/mol. The summed E-state index contributed by atoms with van der Waals surface area (Å²) in [7, 11) is 0. The standard InChI is InChI=1S/C18H23N3O3/c1-12-5-3-4-6-15(12)14-9-13(2)21(10-14)17(23)11-20-8-7-16(22)19-18(20)24/h3-6,13-14H,7-11H2,1-2H3,(H,19,22,24)/t13-,14+/m1/s1. The van der Waals surface area contributed by atoms with Crippen LogP contribution in [0.5, 0.6) is 0 Å². The first-order valence-corrected chi connectivity index (χ1v) is 8.39. The van der Waals surface area contributed by atoms with Crippen molar-refractivity contribution in [2.45, 2.75) is 38.6 Å². The molecule has 2 atom stereocenters. The van der Waals surface area contributed by atoms with Gasteiger partial charge in [0, 0.05) is 31.5 Å². The van der Waals surface area contributed by atoms with Crippen LogP contribution in [0.1, 0.15) is 36.8 Å². The monoisotopic (exact) mass is 329 g/mol. The molecule has 2 fully saturated rings. The van der Waals surface area contributed by atoms with Crippen LogP contribution in [-0.2, 0) is 9.59 Å². The second-order valence-electron chi connectivity index (χ2n) is 6.71. The number of carbonyl (C=O) groups is 3. The van der Waals surface area contributed by atoms with Gasteiger partial charge in [-0.25, -0.2) is 4.79 Å². The number of rotatable bonds is 3. The number of benzene rings is 1. The molecular weight excluding hydrogens is 306 g/mol. The Morgan fingerprint density at radius 2 is 2.04 bits per heavy atom. The van der Waals surface area contributed by atoms with Gasteiger partial charge in [-0.15, -0.1) is 0 Å². The van der Waals surface area contributed by atoms with Crippen molar-refractivity contribution in [3.63, 3.8) is 0 Å². The Labute approximate surface area is 141 Å². The van der Waals surface area contributed by atoms with E-state index in [9.17, 15) is 14.4 Å². The SMILES string of the molecule is Cc1ccccc1[C@H]1C[C@@H](C)N(C(=O)CN2CCC(=O)NC2=O)C1. The molecule has 2 saturated heterocycles. The molecule has 2 aliphatic heterocycles. The topological polar surface area (TPSA) is 69.7 Å². The van der Waals surface area contributed by atoms with E-state index in [1.807, 2.05) is 17.0 Å². The number of aryl methyl sites for hydroxylation is 1. The molecule has 1 N–H and O–H groups in total. The van der Waals surface area contributed by atoms with Crippen LogP contribution in [0.25, 0.3) is 0 Å². The minimum atomic E-state index is -0.470. The quantitative estimate of drug-likeness (QED) is 0.916. The van der Waals surface area contributed by atoms with Crippen LogP contribution in [0.15, 0.2) is 24.3 Å². The summed E-state index contributed by atoms with van der Waals surface area (Å²) in [4.78, 5) is 38.9. The number of carbonyl (C=O) groups excluding carboxylic acids is 3. The Bertz CT molecular complexity index is 673. The van der Waals surface area contributed by atoms with Gasteiger partial charge < -0.3 is 9.80 Å². The zero-order chi connectivity index (χ0) is 17.3. The van der Waals surface area contributed by atoms with Crippen LogP contribution >= 0.6 is 0 Å². The minimum Gasteiger partial charge on any atom is -0.338 e. The fourth-order valence-electron chi connectivity index (χ4n) is 3.65. The summed E-state index contributed by atoms with van der Waals surface area (Å²) >= 11 is 0. The molecule has 128 valence electrons. The van der Waals surface area contributed by atoms with Crippen molar-refractivity contribution < 1.29 is 14.4 Å². The lowest BCUT2D eigenvalue weighted by molar-refractivity contribution is -0.133. The van der Waals surface area contributed by atoms with Crippen LogP contribution in [0, 0.1) is 6.92 Å². The van der Waals surface area contributed by atoms with Crippen LogP contribution < -0.4 is 5.32 Å². The number of likely N-dealkylation sites (tertiary alicyclic amines) is 1. The van der Waals surface area contributed by atoms with Crippen molar-refractivity contribution in [1.82, 2.24) is 15.1 Å². The van der Waals surface area contributed by atoms with Crippen LogP contribution in [0.2, 0.25) is 0 Å². The highest BCUT2D eigenvalue weighted by Crippen LogP contribution is 2.33. The number of hydrogen-bond donors (Lipinski definition) is 1. The van der Waals surface area contributed by atoms with E-state index in [2.05, 4.69) is 31.3 Å². The van der Waals surface area contributed by atoms with Crippen LogP contribution in [-0.4, -0.2) is 53.3 Å². The Hall–Kier alpha value is -2.37. The molecule has 3 rings (SSSR count). The van der Waals surface area contributed by atoms with Gasteiger partial charge in [0.25, 0.3) is 0 Å². The van der Waals surface area contributed by atoms with Crippen molar-refractivity contribution in [3.8, 4) is 0 Å². The molecule has 0 unspecified atom stereocenters. The summed E-state index contributed by atoms with van der Waals surface area (Å²) in [6, 6.07) is 7.96. The van der Waals surface area contributed by atoms with E-state index < -0.39 is 6.03 Å². The molecule has 4 amide bonds. The zero-order valence-electron chi connectivity index (χ0n) is 14.1. The van der Waals surface area contributed by atoms with Crippen molar-refractivity contribution in [2.75, 3.05) is 19.6 Å². The molecule has 2 aliphatic rings. The third-order valence-corrected chi connectivity index (χ3v) is 4.99. The first-order valence-electron chi connectivity index (χ1n) is 8.39. The molecule has 1 aromatic carbocycles. The van der Waals surface area contributed by atoms with Gasteiger partial charge in [-0.2, -0.15) is 0 Å². The second kappa shape index (κ2) is 6.63. The fraction of sp³-hybridized carbons (Fsp3) is 0.500. The van der Waals surface area contributed by atoms with Gasteiger partial charge >= 0.3 is 6.03 Å². The Morgan fingerprint density at radius 3 is 2.75 bits per heavy atom. The maximum atomic E-state index is 12.6. The molecule has 0 radical (unpaired) electrons. The largest absolute Gasteiger partial charge is 0.338 e. The summed E-state index contributed by atoms with van der Waals surface area (Å²) in [5.41, 5.74) is 2.54. The fourth-order valence-corrected chi connectivity index (χ4v) is 3.65. The number of hydrogen-bond acceptors (Lipinski definition) is 3. The maximum absolute atomic E-state index is 12.6. The molecule has 24 heavy (non-hydrogen) atoms. The Morgan fingerprint density at radius 1 is 1.29 bits per heavy atom. The number of imide groups is 1. The molecule has 0 saturated carbocycles. The summed E-state index contributed by atoms with van der Waals surface area (Å²) in [5.74, 6) is 0.00264. The minimum absolute atomic E-state index is 0.0317. The average molecular weight is 329 g/mol. The van der Waals surface area contributed by atoms with Crippen LogP contribution in [0.4, 0.5) is 4.79 Å². The molecule has 1 aromatic rings. The van der Waals surface area contributed by atoms with E-state index in [1.165, 1.54) is 16.0 Å². The highest BCUT2D eigenvalue weighted by atomic mass is 16.2. The van der Waals surface area contributed by atoms with Gasteiger partial charge in [-0.1, -0.05) is 24.3 Å². The molecule has 0 aliphatic carbocycles. The summed E-state index contributed by atoms with van der Waals surface area (Å²) in [5, 5.41) is 2.26. The lowest BCUT2D eigenvalue weighted by Gasteiger charge is -2.29. The summed E-state index contributed by atoms with van der Waals surface area (Å²) in [6.45, 7) is 5.17. The highest BCUT2D eigenvalue weighted by Gasteiger charge is 2.35. The number of nitrogens with zero attached hydrogens (tertiary/aromatic N) is 2. The molecular formula is C18H23N3O3. The first kappa shape index (κ1) is 16.5. The number of nitrogens with one attached hydrogen (secondary N) is 1. The Balaban J connectivity index is 1.65. The van der Waals surface area contributed by atoms with Gasteiger partial charge in [0.15, 0.2) is 0 Å². The van der Waals surface area contributed by atoms with Crippen molar-refractivity contribution in [2.24, 2.45) is 0 Å². The Kier molecular flexibility index (Phi) is 4.55. The lowest BCUT2D eigenvalue weighted by atomic mass is 9.93. The van der Waals surface area contributed by atoms with Gasteiger partial charge in [0.2, 0.25) is 11.8 Å². The molecule has 0 spiro atoms. The second-order valence-corrected chi connectivity index (χ2v) is 6.71. The van der Waals surface area contributed by atoms with E-state index in [0.717, 1.165) is 6.42 Å². The summed E-state index contributed by atoms with van der Waals surface area (Å²) in [6.07, 6.45) is 1.18. The van der Waals surface area contributed by atoms with E-state index in [0.29, 0.717) is 19.0 Å². The number of urea groups is 1. The third-order valence-electron chi connectivity index (χ3n) is 4.99. The van der Waals surface area contributed by atoms with Crippen molar-refractivity contribution in [1.29, 1.82) is 0 Å². The lowest BCUT2D eigenvalue weighted by Crippen LogP contribution is -2.53. The van der Waals surface area contributed by atoms with E-state index >= 15 is 0 Å². The van der Waals surface area contributed by atoms with Gasteiger partial charge in [0.05, 0.1) is 0 Å². The predicted octanol–water partition coefficient (Wildman–Crippen LogP) is 1.64. The first-order chi connectivity index (χ1) is 11.5. The highest BCUT2D eigenvalue weighted by molar-refractivity contribution is 5.98. The zero-order valence-corrected chi connectivity index (χ0v) is 14.1. The average Bonchev–Trinajstić information content (AvgIpc) is 2.92. The van der Waals surface area contributed by atoms with E-state index in [-0.39, 0.29) is 30.8 Å². The van der Waals surface area contributed by atoms with E-state index in [1.54, 1.807) is 0 Å². The molecule has 6 heteroatoms. The van der Waals surface area contributed by atoms with Gasteiger partial charge in [-0.3, -0.25) is 14.9 Å². The van der Waals surface area contributed by atoms with Gasteiger partial charge in [0.1, 0.15) is 6.54 Å². The van der Waals surface area contributed by atoms with Crippen molar-refractivity contribution in [3.05, 3.63) is 35.4 Å². The molecule has 0 bridgehead atoms. The third kappa shape index (κ3) is 3.27. The van der Waals surface area contributed by atoms with Gasteiger partial charge in [-0.05, 0) is 31.4 Å². The number of amides is 4. The van der Waals surface area contributed by atoms with Crippen molar-refractivity contribution >= 4 is 17.8 Å². The molecule has 6 nitrogen and oxygen atoms in total. The molecule has 2 heterocycles. The smallest absolute Gasteiger partial charge is 0.324 e. The maximum Gasteiger partial charge on any atom is 0.324 e. The normalized spacial score (nSPS) is 24.2. The van der Waals surface area contributed by atoms with Crippen LogP contribution in [0.3, 0.4) is 0 Å².